The van der Waals surface area contributed by atoms with Crippen molar-refractivity contribution in [1.82, 2.24) is 9.55 Å². The highest BCUT2D eigenvalue weighted by molar-refractivity contribution is 6.31. The summed E-state index contributed by atoms with van der Waals surface area (Å²) < 4.78 is 6.75. The van der Waals surface area contributed by atoms with Gasteiger partial charge in [-0.25, -0.2) is 4.98 Å². The second kappa shape index (κ2) is 5.93. The van der Waals surface area contributed by atoms with Crippen LogP contribution in [-0.2, 0) is 6.54 Å². The minimum Gasteiger partial charge on any atom is -0.504 e. The lowest BCUT2D eigenvalue weighted by atomic mass is 10.1. The number of benzene rings is 2. The van der Waals surface area contributed by atoms with Gasteiger partial charge in [0.15, 0.2) is 11.5 Å². The molecule has 2 aromatic carbocycles. The van der Waals surface area contributed by atoms with Crippen LogP contribution < -0.4 is 10.3 Å². The molecule has 4 rings (SSSR count). The van der Waals surface area contributed by atoms with Gasteiger partial charge in [0, 0.05) is 11.6 Å². The fourth-order valence-electron chi connectivity index (χ4n) is 3.13. The van der Waals surface area contributed by atoms with E-state index in [4.69, 9.17) is 16.3 Å². The number of fused-ring (bicyclic) bond motifs is 2. The lowest BCUT2D eigenvalue weighted by Gasteiger charge is -2.06. The van der Waals surface area contributed by atoms with E-state index in [0.29, 0.717) is 40.5 Å². The van der Waals surface area contributed by atoms with Crippen LogP contribution in [0.1, 0.15) is 17.8 Å². The molecule has 1 N–H and O–H groups in total. The molecule has 6 heteroatoms. The number of rotatable bonds is 2. The molecule has 0 unspecified atom stereocenters. The fraction of sp³-hybridized carbons (Fsp3) is 0.158. The second-order valence-corrected chi connectivity index (χ2v) is 6.34. The van der Waals surface area contributed by atoms with E-state index in [-0.39, 0.29) is 11.3 Å². The Balaban J connectivity index is 1.85. The predicted octanol–water partition coefficient (Wildman–Crippen LogP) is 3.71. The SMILES string of the molecule is COc1ccc(C=C2CCn3c2nc2cc(Cl)ccc2c3=O)cc1O. The molecule has 5 nitrogen and oxygen atoms in total. The van der Waals surface area contributed by atoms with Crippen LogP contribution in [0.4, 0.5) is 0 Å². The summed E-state index contributed by atoms with van der Waals surface area (Å²) in [4.78, 5) is 17.3. The van der Waals surface area contributed by atoms with Crippen LogP contribution in [0.3, 0.4) is 0 Å². The van der Waals surface area contributed by atoms with Gasteiger partial charge in [0.05, 0.1) is 18.0 Å². The molecule has 0 saturated heterocycles. The maximum absolute atomic E-state index is 12.7. The van der Waals surface area contributed by atoms with Crippen LogP contribution in [0.5, 0.6) is 11.5 Å². The summed E-state index contributed by atoms with van der Waals surface area (Å²) in [5.74, 6) is 1.14. The summed E-state index contributed by atoms with van der Waals surface area (Å²) >= 11 is 6.03. The van der Waals surface area contributed by atoms with Gasteiger partial charge in [-0.05, 0) is 54.0 Å². The monoisotopic (exact) mass is 354 g/mol. The Bertz CT molecular complexity index is 1090. The van der Waals surface area contributed by atoms with Gasteiger partial charge in [-0.3, -0.25) is 9.36 Å². The van der Waals surface area contributed by atoms with Crippen LogP contribution in [0, 0.1) is 0 Å². The Morgan fingerprint density at radius 1 is 1.28 bits per heavy atom. The number of aromatic hydroxyl groups is 1. The van der Waals surface area contributed by atoms with E-state index in [2.05, 4.69) is 4.98 Å². The first kappa shape index (κ1) is 15.7. The van der Waals surface area contributed by atoms with Gasteiger partial charge in [0.25, 0.3) is 5.56 Å². The van der Waals surface area contributed by atoms with E-state index in [0.717, 1.165) is 11.1 Å². The highest BCUT2D eigenvalue weighted by Gasteiger charge is 2.21. The normalized spacial score (nSPS) is 14.9. The third kappa shape index (κ3) is 2.66. The Kier molecular flexibility index (Phi) is 3.73. The lowest BCUT2D eigenvalue weighted by Crippen LogP contribution is -2.20. The summed E-state index contributed by atoms with van der Waals surface area (Å²) in [6, 6.07) is 10.3. The number of phenolic OH excluding ortho intramolecular Hbond substituents is 1. The number of halogens is 1. The van der Waals surface area contributed by atoms with E-state index >= 15 is 0 Å². The standard InChI is InChI=1S/C19H15ClN2O3/c1-25-17-5-2-11(9-16(17)23)8-12-6-7-22-18(12)21-15-10-13(20)3-4-14(15)19(22)24/h2-5,8-10,23H,6-7H2,1H3. The molecular formula is C19H15ClN2O3. The molecule has 1 aliphatic rings. The number of ether oxygens (including phenoxy) is 1. The van der Waals surface area contributed by atoms with Gasteiger partial charge in [-0.15, -0.1) is 0 Å². The van der Waals surface area contributed by atoms with Gasteiger partial charge in [-0.2, -0.15) is 0 Å². The zero-order chi connectivity index (χ0) is 17.6. The second-order valence-electron chi connectivity index (χ2n) is 5.90. The smallest absolute Gasteiger partial charge is 0.261 e. The van der Waals surface area contributed by atoms with Crippen molar-refractivity contribution in [1.29, 1.82) is 0 Å². The fourth-order valence-corrected chi connectivity index (χ4v) is 3.29. The van der Waals surface area contributed by atoms with Gasteiger partial charge in [0.1, 0.15) is 5.82 Å². The average molecular weight is 355 g/mol. The molecule has 2 heterocycles. The third-order valence-electron chi connectivity index (χ3n) is 4.35. The van der Waals surface area contributed by atoms with Crippen molar-refractivity contribution in [3.05, 3.63) is 63.2 Å². The van der Waals surface area contributed by atoms with Crippen molar-refractivity contribution >= 4 is 34.2 Å². The molecule has 0 spiro atoms. The van der Waals surface area contributed by atoms with Crippen LogP contribution in [-0.4, -0.2) is 21.8 Å². The molecule has 0 bridgehead atoms. The molecule has 0 atom stereocenters. The van der Waals surface area contributed by atoms with Crippen LogP contribution in [0.15, 0.2) is 41.2 Å². The largest absolute Gasteiger partial charge is 0.504 e. The number of phenols is 1. The maximum atomic E-state index is 12.7. The van der Waals surface area contributed by atoms with E-state index in [1.165, 1.54) is 7.11 Å². The van der Waals surface area contributed by atoms with E-state index < -0.39 is 0 Å². The van der Waals surface area contributed by atoms with Crippen molar-refractivity contribution in [2.24, 2.45) is 0 Å². The number of nitrogens with zero attached hydrogens (tertiary/aromatic N) is 2. The lowest BCUT2D eigenvalue weighted by molar-refractivity contribution is 0.373. The molecule has 0 aliphatic carbocycles. The molecule has 0 radical (unpaired) electrons. The quantitative estimate of drug-likeness (QED) is 0.762. The molecule has 126 valence electrons. The van der Waals surface area contributed by atoms with Crippen molar-refractivity contribution in [2.75, 3.05) is 7.11 Å². The maximum Gasteiger partial charge on any atom is 0.261 e. The van der Waals surface area contributed by atoms with Crippen molar-refractivity contribution in [3.63, 3.8) is 0 Å². The van der Waals surface area contributed by atoms with Crippen molar-refractivity contribution in [3.8, 4) is 11.5 Å². The summed E-state index contributed by atoms with van der Waals surface area (Å²) in [6.45, 7) is 0.591. The summed E-state index contributed by atoms with van der Waals surface area (Å²) in [5, 5.41) is 11.1. The summed E-state index contributed by atoms with van der Waals surface area (Å²) in [5.41, 5.74) is 2.30. The Labute approximate surface area is 148 Å². The molecule has 1 aliphatic heterocycles. The van der Waals surface area contributed by atoms with Crippen LogP contribution in [0.2, 0.25) is 5.02 Å². The van der Waals surface area contributed by atoms with Gasteiger partial charge in [-0.1, -0.05) is 17.7 Å². The summed E-state index contributed by atoms with van der Waals surface area (Å²) in [6.07, 6.45) is 2.64. The van der Waals surface area contributed by atoms with Crippen molar-refractivity contribution in [2.45, 2.75) is 13.0 Å². The Hall–Kier alpha value is -2.79. The molecule has 25 heavy (non-hydrogen) atoms. The number of methoxy groups -OCH3 is 1. The van der Waals surface area contributed by atoms with Gasteiger partial charge in [0.2, 0.25) is 0 Å². The first-order valence-corrected chi connectivity index (χ1v) is 8.22. The molecule has 0 fully saturated rings. The van der Waals surface area contributed by atoms with Crippen LogP contribution in [0.25, 0.3) is 22.6 Å². The van der Waals surface area contributed by atoms with Gasteiger partial charge >= 0.3 is 0 Å². The number of hydrogen-bond donors (Lipinski definition) is 1. The number of aromatic nitrogens is 2. The Morgan fingerprint density at radius 2 is 2.12 bits per heavy atom. The van der Waals surface area contributed by atoms with E-state index in [9.17, 15) is 9.90 Å². The molecule has 1 aromatic heterocycles. The first-order valence-electron chi connectivity index (χ1n) is 7.85. The highest BCUT2D eigenvalue weighted by Crippen LogP contribution is 2.31. The molecular weight excluding hydrogens is 340 g/mol. The minimum atomic E-state index is -0.0577. The first-order chi connectivity index (χ1) is 12.1. The molecule has 0 saturated carbocycles. The number of hydrogen-bond acceptors (Lipinski definition) is 4. The molecule has 0 amide bonds. The average Bonchev–Trinajstić information content (AvgIpc) is 2.98. The van der Waals surface area contributed by atoms with E-state index in [1.54, 1.807) is 34.9 Å². The minimum absolute atomic E-state index is 0.0577. The zero-order valence-electron chi connectivity index (χ0n) is 13.5. The zero-order valence-corrected chi connectivity index (χ0v) is 14.2. The Morgan fingerprint density at radius 3 is 2.88 bits per heavy atom. The third-order valence-corrected chi connectivity index (χ3v) is 4.59. The topological polar surface area (TPSA) is 64.4 Å². The van der Waals surface area contributed by atoms with E-state index in [1.807, 2.05) is 12.1 Å². The number of allylic oxidation sites excluding steroid dienone is 1. The summed E-state index contributed by atoms with van der Waals surface area (Å²) in [7, 11) is 1.51. The highest BCUT2D eigenvalue weighted by atomic mass is 35.5. The molecule has 3 aromatic rings. The van der Waals surface area contributed by atoms with Crippen LogP contribution >= 0.6 is 11.6 Å². The predicted molar refractivity (Wildman–Crippen MR) is 98.2 cm³/mol. The van der Waals surface area contributed by atoms with Crippen molar-refractivity contribution < 1.29 is 9.84 Å². The van der Waals surface area contributed by atoms with Gasteiger partial charge < -0.3 is 9.84 Å².